The number of carbonyl (C=O) groups is 2. The molecule has 1 amide bonds. The summed E-state index contributed by atoms with van der Waals surface area (Å²) >= 11 is 5.85. The van der Waals surface area contributed by atoms with E-state index in [1.165, 1.54) is 7.11 Å². The molecule has 24 heavy (non-hydrogen) atoms. The molecule has 0 saturated heterocycles. The van der Waals surface area contributed by atoms with Crippen molar-refractivity contribution in [1.82, 2.24) is 4.90 Å². The van der Waals surface area contributed by atoms with E-state index < -0.39 is 0 Å². The Kier molecular flexibility index (Phi) is 9.16. The molecule has 0 aliphatic heterocycles. The molecule has 0 heterocycles. The average Bonchev–Trinajstić information content (AvgIpc) is 2.59. The molecule has 0 fully saturated rings. The Hall–Kier alpha value is -1.81. The van der Waals surface area contributed by atoms with Crippen LogP contribution in [0.2, 0.25) is 5.02 Å². The molecular weight excluding hydrogens is 326 g/mol. The highest BCUT2D eigenvalue weighted by Gasteiger charge is 2.19. The lowest BCUT2D eigenvalue weighted by atomic mass is 10.1. The number of hydrogen-bond donors (Lipinski definition) is 0. The molecule has 1 atom stereocenters. The molecule has 132 valence electrons. The zero-order valence-electron chi connectivity index (χ0n) is 14.6. The van der Waals surface area contributed by atoms with Gasteiger partial charge in [0.25, 0.3) is 0 Å². The minimum absolute atomic E-state index is 0.100. The van der Waals surface area contributed by atoms with Crippen LogP contribution in [0.1, 0.15) is 38.7 Å². The maximum Gasteiger partial charge on any atom is 0.310 e. The highest BCUT2D eigenvalue weighted by Crippen LogP contribution is 2.12. The van der Waals surface area contributed by atoms with Crippen LogP contribution in [0.3, 0.4) is 0 Å². The van der Waals surface area contributed by atoms with Crippen molar-refractivity contribution in [2.45, 2.75) is 33.1 Å². The molecule has 0 aliphatic carbocycles. The molecule has 0 N–H and O–H groups in total. The second kappa shape index (κ2) is 10.9. The van der Waals surface area contributed by atoms with Crippen molar-refractivity contribution >= 4 is 29.6 Å². The van der Waals surface area contributed by atoms with Crippen LogP contribution in [0.4, 0.5) is 0 Å². The van der Waals surface area contributed by atoms with Gasteiger partial charge in [0.1, 0.15) is 0 Å². The van der Waals surface area contributed by atoms with Crippen LogP contribution >= 0.6 is 11.6 Å². The van der Waals surface area contributed by atoms with E-state index in [0.29, 0.717) is 18.1 Å². The molecule has 0 radical (unpaired) electrons. The van der Waals surface area contributed by atoms with Crippen molar-refractivity contribution in [3.8, 4) is 0 Å². The number of halogens is 1. The Bertz CT molecular complexity index is 554. The van der Waals surface area contributed by atoms with Gasteiger partial charge in [-0.25, -0.2) is 0 Å². The van der Waals surface area contributed by atoms with Crippen molar-refractivity contribution in [3.05, 3.63) is 40.9 Å². The van der Waals surface area contributed by atoms with Gasteiger partial charge >= 0.3 is 5.97 Å². The summed E-state index contributed by atoms with van der Waals surface area (Å²) in [5.74, 6) is -0.744. The second-order valence-corrected chi connectivity index (χ2v) is 6.24. The Morgan fingerprint density at radius 2 is 1.92 bits per heavy atom. The van der Waals surface area contributed by atoms with Crippen LogP contribution in [0.15, 0.2) is 30.3 Å². The SMILES string of the molecule is CCCCCN(CC(C)C(=O)OC)C(=O)/C=C/c1ccc(Cl)cc1. The van der Waals surface area contributed by atoms with Gasteiger partial charge in [0.05, 0.1) is 13.0 Å². The lowest BCUT2D eigenvalue weighted by Crippen LogP contribution is -2.37. The molecule has 5 heteroatoms. The Morgan fingerprint density at radius 3 is 2.50 bits per heavy atom. The highest BCUT2D eigenvalue weighted by molar-refractivity contribution is 6.30. The fourth-order valence-electron chi connectivity index (χ4n) is 2.30. The minimum atomic E-state index is -0.343. The maximum atomic E-state index is 12.5. The highest BCUT2D eigenvalue weighted by atomic mass is 35.5. The first kappa shape index (κ1) is 20.2. The normalized spacial score (nSPS) is 12.2. The molecule has 4 nitrogen and oxygen atoms in total. The predicted molar refractivity (Wildman–Crippen MR) is 97.8 cm³/mol. The minimum Gasteiger partial charge on any atom is -0.469 e. The number of ether oxygens (including phenoxy) is 1. The smallest absolute Gasteiger partial charge is 0.310 e. The van der Waals surface area contributed by atoms with Crippen LogP contribution in [0.25, 0.3) is 6.08 Å². The van der Waals surface area contributed by atoms with Crippen molar-refractivity contribution in [2.24, 2.45) is 5.92 Å². The van der Waals surface area contributed by atoms with Crippen molar-refractivity contribution in [2.75, 3.05) is 20.2 Å². The monoisotopic (exact) mass is 351 g/mol. The molecule has 1 aromatic rings. The topological polar surface area (TPSA) is 46.6 Å². The van der Waals surface area contributed by atoms with Gasteiger partial charge in [-0.05, 0) is 30.2 Å². The fraction of sp³-hybridized carbons (Fsp3) is 0.474. The largest absolute Gasteiger partial charge is 0.469 e. The van der Waals surface area contributed by atoms with Crippen LogP contribution in [-0.4, -0.2) is 37.0 Å². The molecule has 1 rings (SSSR count). The number of esters is 1. The number of benzene rings is 1. The predicted octanol–water partition coefficient (Wildman–Crippen LogP) is 4.18. The Labute approximate surface area is 149 Å². The second-order valence-electron chi connectivity index (χ2n) is 5.80. The Balaban J connectivity index is 2.74. The van der Waals surface area contributed by atoms with Crippen LogP contribution in [0, 0.1) is 5.92 Å². The number of rotatable bonds is 9. The maximum absolute atomic E-state index is 12.5. The summed E-state index contributed by atoms with van der Waals surface area (Å²) < 4.78 is 4.75. The van der Waals surface area contributed by atoms with E-state index in [9.17, 15) is 9.59 Å². The van der Waals surface area contributed by atoms with Gasteiger partial charge in [-0.1, -0.05) is 50.4 Å². The first-order valence-corrected chi connectivity index (χ1v) is 8.66. The number of amides is 1. The van der Waals surface area contributed by atoms with E-state index in [-0.39, 0.29) is 17.8 Å². The molecule has 1 unspecified atom stereocenters. The van der Waals surface area contributed by atoms with E-state index in [1.807, 2.05) is 12.1 Å². The van der Waals surface area contributed by atoms with Gasteiger partial charge in [-0.2, -0.15) is 0 Å². The molecule has 0 spiro atoms. The van der Waals surface area contributed by atoms with Gasteiger partial charge < -0.3 is 9.64 Å². The number of nitrogens with zero attached hydrogens (tertiary/aromatic N) is 1. The van der Waals surface area contributed by atoms with Gasteiger partial charge in [0, 0.05) is 24.2 Å². The van der Waals surface area contributed by atoms with Crippen LogP contribution in [-0.2, 0) is 14.3 Å². The number of methoxy groups -OCH3 is 1. The molecule has 0 aromatic heterocycles. The summed E-state index contributed by atoms with van der Waals surface area (Å²) in [6.07, 6.45) is 6.35. The summed E-state index contributed by atoms with van der Waals surface area (Å²) in [4.78, 5) is 25.8. The molecule has 0 bridgehead atoms. The molecule has 0 saturated carbocycles. The van der Waals surface area contributed by atoms with E-state index in [2.05, 4.69) is 6.92 Å². The number of hydrogen-bond acceptors (Lipinski definition) is 3. The lowest BCUT2D eigenvalue weighted by molar-refractivity contribution is -0.146. The molecule has 1 aromatic carbocycles. The summed E-state index contributed by atoms with van der Waals surface area (Å²) in [6.45, 7) is 4.89. The standard InChI is InChI=1S/C19H26ClNO3/c1-4-5-6-13-21(14-15(2)19(23)24-3)18(22)12-9-16-7-10-17(20)11-8-16/h7-12,15H,4-6,13-14H2,1-3H3/b12-9+. The first-order chi connectivity index (χ1) is 11.5. The van der Waals surface area contributed by atoms with Crippen LogP contribution in [0.5, 0.6) is 0 Å². The first-order valence-electron chi connectivity index (χ1n) is 8.28. The van der Waals surface area contributed by atoms with Gasteiger partial charge in [-0.15, -0.1) is 0 Å². The zero-order chi connectivity index (χ0) is 17.9. The van der Waals surface area contributed by atoms with Crippen molar-refractivity contribution in [3.63, 3.8) is 0 Å². The average molecular weight is 352 g/mol. The summed E-state index contributed by atoms with van der Waals surface area (Å²) in [7, 11) is 1.36. The van der Waals surface area contributed by atoms with Gasteiger partial charge in [0.2, 0.25) is 5.91 Å². The van der Waals surface area contributed by atoms with Crippen molar-refractivity contribution in [1.29, 1.82) is 0 Å². The third-order valence-corrected chi connectivity index (χ3v) is 3.98. The van der Waals surface area contributed by atoms with E-state index >= 15 is 0 Å². The van der Waals surface area contributed by atoms with Crippen molar-refractivity contribution < 1.29 is 14.3 Å². The molecular formula is C19H26ClNO3. The third kappa shape index (κ3) is 7.18. The quantitative estimate of drug-likeness (QED) is 0.381. The van der Waals surface area contributed by atoms with Crippen LogP contribution < -0.4 is 0 Å². The van der Waals surface area contributed by atoms with E-state index in [4.69, 9.17) is 16.3 Å². The third-order valence-electron chi connectivity index (χ3n) is 3.73. The van der Waals surface area contributed by atoms with E-state index in [1.54, 1.807) is 36.1 Å². The lowest BCUT2D eigenvalue weighted by Gasteiger charge is -2.24. The summed E-state index contributed by atoms with van der Waals surface area (Å²) in [5.41, 5.74) is 0.905. The van der Waals surface area contributed by atoms with Gasteiger partial charge in [-0.3, -0.25) is 9.59 Å². The van der Waals surface area contributed by atoms with Gasteiger partial charge in [0.15, 0.2) is 0 Å². The molecule has 0 aliphatic rings. The number of unbranched alkanes of at least 4 members (excludes halogenated alkanes) is 2. The zero-order valence-corrected chi connectivity index (χ0v) is 15.4. The Morgan fingerprint density at radius 1 is 1.25 bits per heavy atom. The summed E-state index contributed by atoms with van der Waals surface area (Å²) in [6, 6.07) is 7.27. The number of carbonyl (C=O) groups excluding carboxylic acids is 2. The van der Waals surface area contributed by atoms with E-state index in [0.717, 1.165) is 24.8 Å². The fourth-order valence-corrected chi connectivity index (χ4v) is 2.42. The summed E-state index contributed by atoms with van der Waals surface area (Å²) in [5, 5.41) is 0.659.